The van der Waals surface area contributed by atoms with E-state index in [1.807, 2.05) is 6.07 Å². The molecule has 60 valence electrons. The highest BCUT2D eigenvalue weighted by Crippen LogP contribution is 2.12. The number of hydrogen-bond acceptors (Lipinski definition) is 3. The highest BCUT2D eigenvalue weighted by Gasteiger charge is 1.97. The van der Waals surface area contributed by atoms with E-state index in [1.165, 1.54) is 0 Å². The molecule has 0 aromatic heterocycles. The predicted molar refractivity (Wildman–Crippen MR) is 44.7 cm³/mol. The molecule has 1 rings (SSSR count). The SMILES string of the molecule is NCc1cc(CO)ccc1N. The molecule has 3 nitrogen and oxygen atoms in total. The lowest BCUT2D eigenvalue weighted by Gasteiger charge is -2.03. The molecule has 0 saturated heterocycles. The summed E-state index contributed by atoms with van der Waals surface area (Å²) in [6, 6.07) is 5.36. The van der Waals surface area contributed by atoms with Crippen LogP contribution in [-0.4, -0.2) is 5.11 Å². The first kappa shape index (κ1) is 8.04. The van der Waals surface area contributed by atoms with Crippen molar-refractivity contribution in [2.75, 3.05) is 5.73 Å². The first-order valence-electron chi connectivity index (χ1n) is 3.46. The molecule has 1 aromatic carbocycles. The van der Waals surface area contributed by atoms with Gasteiger partial charge in [0.15, 0.2) is 0 Å². The molecule has 5 N–H and O–H groups in total. The smallest absolute Gasteiger partial charge is 0.0682 e. The second kappa shape index (κ2) is 3.37. The first-order chi connectivity index (χ1) is 5.27. The monoisotopic (exact) mass is 152 g/mol. The Kier molecular flexibility index (Phi) is 2.46. The molecule has 0 aliphatic carbocycles. The zero-order valence-corrected chi connectivity index (χ0v) is 6.25. The van der Waals surface area contributed by atoms with Gasteiger partial charge in [-0.15, -0.1) is 0 Å². The Morgan fingerprint density at radius 2 is 2.09 bits per heavy atom. The third kappa shape index (κ3) is 1.69. The van der Waals surface area contributed by atoms with Gasteiger partial charge < -0.3 is 16.6 Å². The van der Waals surface area contributed by atoms with Gasteiger partial charge in [0.25, 0.3) is 0 Å². The lowest BCUT2D eigenvalue weighted by molar-refractivity contribution is 0.282. The number of benzene rings is 1. The van der Waals surface area contributed by atoms with Gasteiger partial charge in [-0.05, 0) is 17.2 Å². The maximum absolute atomic E-state index is 8.77. The van der Waals surface area contributed by atoms with E-state index in [4.69, 9.17) is 16.6 Å². The molecule has 1 aromatic rings. The van der Waals surface area contributed by atoms with Crippen LogP contribution in [0.1, 0.15) is 11.1 Å². The molecule has 0 aliphatic heterocycles. The minimum Gasteiger partial charge on any atom is -0.398 e. The third-order valence-corrected chi connectivity index (χ3v) is 1.61. The highest BCUT2D eigenvalue weighted by atomic mass is 16.3. The van der Waals surface area contributed by atoms with Crippen molar-refractivity contribution in [1.82, 2.24) is 0 Å². The molecule has 0 bridgehead atoms. The fourth-order valence-corrected chi connectivity index (χ4v) is 0.934. The van der Waals surface area contributed by atoms with Crippen molar-refractivity contribution < 1.29 is 5.11 Å². The number of nitrogen functional groups attached to an aromatic ring is 1. The molecule has 0 saturated carbocycles. The van der Waals surface area contributed by atoms with Crippen molar-refractivity contribution in [2.24, 2.45) is 5.73 Å². The van der Waals surface area contributed by atoms with Gasteiger partial charge in [-0.1, -0.05) is 12.1 Å². The van der Waals surface area contributed by atoms with Crippen LogP contribution in [0.2, 0.25) is 0 Å². The van der Waals surface area contributed by atoms with Gasteiger partial charge in [0.2, 0.25) is 0 Å². The number of nitrogens with two attached hydrogens (primary N) is 2. The molecular formula is C8H12N2O. The lowest BCUT2D eigenvalue weighted by atomic mass is 10.1. The summed E-state index contributed by atoms with van der Waals surface area (Å²) in [6.45, 7) is 0.451. The largest absolute Gasteiger partial charge is 0.398 e. The van der Waals surface area contributed by atoms with Crippen LogP contribution in [0, 0.1) is 0 Å². The van der Waals surface area contributed by atoms with Gasteiger partial charge in [-0.3, -0.25) is 0 Å². The van der Waals surface area contributed by atoms with Gasteiger partial charge in [0.05, 0.1) is 6.61 Å². The van der Waals surface area contributed by atoms with Crippen LogP contribution in [-0.2, 0) is 13.2 Å². The number of rotatable bonds is 2. The van der Waals surface area contributed by atoms with Crippen LogP contribution in [0.4, 0.5) is 5.69 Å². The summed E-state index contributed by atoms with van der Waals surface area (Å²) in [5.41, 5.74) is 13.4. The average molecular weight is 152 g/mol. The molecule has 0 fully saturated rings. The van der Waals surface area contributed by atoms with E-state index in [-0.39, 0.29) is 6.61 Å². The molecule has 3 heteroatoms. The number of aliphatic hydroxyl groups is 1. The third-order valence-electron chi connectivity index (χ3n) is 1.61. The molecule has 0 heterocycles. The van der Waals surface area contributed by atoms with E-state index in [9.17, 15) is 0 Å². The van der Waals surface area contributed by atoms with E-state index in [1.54, 1.807) is 12.1 Å². The first-order valence-corrected chi connectivity index (χ1v) is 3.46. The maximum Gasteiger partial charge on any atom is 0.0682 e. The van der Waals surface area contributed by atoms with Gasteiger partial charge in [-0.2, -0.15) is 0 Å². The van der Waals surface area contributed by atoms with E-state index in [0.717, 1.165) is 11.1 Å². The van der Waals surface area contributed by atoms with Crippen LogP contribution >= 0.6 is 0 Å². The standard InChI is InChI=1S/C8H12N2O/c9-4-7-3-6(5-11)1-2-8(7)10/h1-3,11H,4-5,9-10H2. The highest BCUT2D eigenvalue weighted by molar-refractivity contribution is 5.48. The van der Waals surface area contributed by atoms with Crippen LogP contribution in [0.25, 0.3) is 0 Å². The number of aliphatic hydroxyl groups excluding tert-OH is 1. The summed E-state index contributed by atoms with van der Waals surface area (Å²) < 4.78 is 0. The lowest BCUT2D eigenvalue weighted by Crippen LogP contribution is -2.02. The predicted octanol–water partition coefficient (Wildman–Crippen LogP) is 0.220. The summed E-state index contributed by atoms with van der Waals surface area (Å²) in [7, 11) is 0. The van der Waals surface area contributed by atoms with Crippen molar-refractivity contribution in [3.8, 4) is 0 Å². The van der Waals surface area contributed by atoms with E-state index >= 15 is 0 Å². The summed E-state index contributed by atoms with van der Waals surface area (Å²) in [6.07, 6.45) is 0. The zero-order chi connectivity index (χ0) is 8.27. The van der Waals surface area contributed by atoms with Gasteiger partial charge in [-0.25, -0.2) is 0 Å². The summed E-state index contributed by atoms with van der Waals surface area (Å²) in [5, 5.41) is 8.77. The van der Waals surface area contributed by atoms with Crippen LogP contribution in [0.3, 0.4) is 0 Å². The van der Waals surface area contributed by atoms with Crippen molar-refractivity contribution in [1.29, 1.82) is 0 Å². The fourth-order valence-electron chi connectivity index (χ4n) is 0.934. The van der Waals surface area contributed by atoms with Gasteiger partial charge in [0.1, 0.15) is 0 Å². The van der Waals surface area contributed by atoms with Crippen LogP contribution in [0.15, 0.2) is 18.2 Å². The minimum atomic E-state index is 0.0350. The van der Waals surface area contributed by atoms with E-state index in [0.29, 0.717) is 12.2 Å². The van der Waals surface area contributed by atoms with Gasteiger partial charge >= 0.3 is 0 Å². The van der Waals surface area contributed by atoms with Crippen molar-refractivity contribution in [3.63, 3.8) is 0 Å². The molecule has 0 atom stereocenters. The second-order valence-corrected chi connectivity index (χ2v) is 2.40. The van der Waals surface area contributed by atoms with Crippen molar-refractivity contribution in [3.05, 3.63) is 29.3 Å². The Labute approximate surface area is 65.6 Å². The maximum atomic E-state index is 8.77. The van der Waals surface area contributed by atoms with E-state index < -0.39 is 0 Å². The molecule has 0 spiro atoms. The molecule has 0 radical (unpaired) electrons. The number of anilines is 1. The topological polar surface area (TPSA) is 72.3 Å². The Bertz CT molecular complexity index is 248. The quantitative estimate of drug-likeness (QED) is 0.531. The minimum absolute atomic E-state index is 0.0350. The Balaban J connectivity index is 3.02. The van der Waals surface area contributed by atoms with Crippen LogP contribution < -0.4 is 11.5 Å². The molecule has 11 heavy (non-hydrogen) atoms. The summed E-state index contributed by atoms with van der Waals surface area (Å²) in [5.74, 6) is 0. The summed E-state index contributed by atoms with van der Waals surface area (Å²) >= 11 is 0. The molecular weight excluding hydrogens is 140 g/mol. The van der Waals surface area contributed by atoms with Gasteiger partial charge in [0, 0.05) is 12.2 Å². The number of hydrogen-bond donors (Lipinski definition) is 3. The fraction of sp³-hybridized carbons (Fsp3) is 0.250. The average Bonchev–Trinajstić information content (AvgIpc) is 2.05. The molecule has 0 unspecified atom stereocenters. The van der Waals surface area contributed by atoms with Crippen molar-refractivity contribution >= 4 is 5.69 Å². The Hall–Kier alpha value is -1.06. The Morgan fingerprint density at radius 1 is 1.36 bits per heavy atom. The summed E-state index contributed by atoms with van der Waals surface area (Å²) in [4.78, 5) is 0. The van der Waals surface area contributed by atoms with Crippen molar-refractivity contribution in [2.45, 2.75) is 13.2 Å². The van der Waals surface area contributed by atoms with Crippen LogP contribution in [0.5, 0.6) is 0 Å². The Morgan fingerprint density at radius 3 is 2.64 bits per heavy atom. The molecule has 0 amide bonds. The van der Waals surface area contributed by atoms with E-state index in [2.05, 4.69) is 0 Å². The second-order valence-electron chi connectivity index (χ2n) is 2.40. The zero-order valence-electron chi connectivity index (χ0n) is 6.25. The normalized spacial score (nSPS) is 10.0. The molecule has 0 aliphatic rings.